The van der Waals surface area contributed by atoms with E-state index in [1.807, 2.05) is 73.7 Å². The highest BCUT2D eigenvalue weighted by Gasteiger charge is 2.36. The summed E-state index contributed by atoms with van der Waals surface area (Å²) in [5.74, 6) is 0.139. The highest BCUT2D eigenvalue weighted by Crippen LogP contribution is 2.38. The first kappa shape index (κ1) is 30.1. The van der Waals surface area contributed by atoms with Gasteiger partial charge in [0.05, 0.1) is 11.5 Å². The molecular weight excluding hydrogens is 628 g/mol. The number of amides is 3. The van der Waals surface area contributed by atoms with Gasteiger partial charge in [-0.25, -0.2) is 0 Å². The summed E-state index contributed by atoms with van der Waals surface area (Å²) >= 11 is 4.25. The van der Waals surface area contributed by atoms with Gasteiger partial charge in [0.2, 0.25) is 5.91 Å². The Labute approximate surface area is 262 Å². The summed E-state index contributed by atoms with van der Waals surface area (Å²) in [5.41, 5.74) is 3.11. The quantitative estimate of drug-likeness (QED) is 0.130. The summed E-state index contributed by atoms with van der Waals surface area (Å²) in [4.78, 5) is 40.1. The van der Waals surface area contributed by atoms with Crippen LogP contribution < -0.4 is 14.8 Å². The fourth-order valence-corrected chi connectivity index (χ4v) is 5.79. The van der Waals surface area contributed by atoms with E-state index in [0.717, 1.165) is 43.0 Å². The van der Waals surface area contributed by atoms with Crippen molar-refractivity contribution < 1.29 is 23.9 Å². The van der Waals surface area contributed by atoms with Gasteiger partial charge in [-0.2, -0.15) is 0 Å². The van der Waals surface area contributed by atoms with Crippen LogP contribution in [-0.4, -0.2) is 35.1 Å². The van der Waals surface area contributed by atoms with Gasteiger partial charge in [-0.05, 0) is 78.0 Å². The highest BCUT2D eigenvalue weighted by molar-refractivity contribution is 9.10. The van der Waals surface area contributed by atoms with Gasteiger partial charge in [-0.1, -0.05) is 70.5 Å². The number of imide groups is 1. The number of carbonyl (C=O) groups is 3. The molecule has 1 N–H and O–H groups in total. The minimum Gasteiger partial charge on any atom is -0.490 e. The maximum absolute atomic E-state index is 13.3. The standard InChI is InChI=1S/C34H29BrN2O5S/c1-3-8-25-17-23(18-29(41-4-2)32(25)42-21-22-13-15-26(35)16-14-22)19-30-33(39)37(34(40)43-30)20-31(38)36-28-12-7-10-24-9-5-6-11-27(24)28/h3,5-7,9-19H,1,4,8,20-21H2,2H3,(H,36,38)/b30-19-. The van der Waals surface area contributed by atoms with Crippen LogP contribution in [0.1, 0.15) is 23.6 Å². The van der Waals surface area contributed by atoms with Gasteiger partial charge in [0.1, 0.15) is 13.2 Å². The second kappa shape index (κ2) is 13.8. The van der Waals surface area contributed by atoms with Crippen LogP contribution in [0, 0.1) is 0 Å². The van der Waals surface area contributed by atoms with Crippen molar-refractivity contribution in [2.24, 2.45) is 0 Å². The Bertz CT molecular complexity index is 1730. The summed E-state index contributed by atoms with van der Waals surface area (Å²) in [7, 11) is 0. The molecule has 4 aromatic carbocycles. The number of anilines is 1. The third kappa shape index (κ3) is 7.18. The smallest absolute Gasteiger partial charge is 0.294 e. The van der Waals surface area contributed by atoms with Crippen LogP contribution in [0.2, 0.25) is 0 Å². The number of nitrogens with one attached hydrogen (secondary N) is 1. The molecule has 0 aliphatic carbocycles. The average Bonchev–Trinajstić information content (AvgIpc) is 3.25. The number of allylic oxidation sites excluding steroid dienone is 1. The van der Waals surface area contributed by atoms with Gasteiger partial charge in [0.25, 0.3) is 11.1 Å². The van der Waals surface area contributed by atoms with Gasteiger partial charge in [-0.3, -0.25) is 19.3 Å². The van der Waals surface area contributed by atoms with E-state index >= 15 is 0 Å². The van der Waals surface area contributed by atoms with Gasteiger partial charge in [-0.15, -0.1) is 6.58 Å². The van der Waals surface area contributed by atoms with Crippen LogP contribution in [0.5, 0.6) is 11.5 Å². The number of nitrogens with zero attached hydrogens (tertiary/aromatic N) is 1. The lowest BCUT2D eigenvalue weighted by Gasteiger charge is -2.17. The molecule has 0 radical (unpaired) electrons. The zero-order chi connectivity index (χ0) is 30.3. The molecule has 0 saturated carbocycles. The number of hydrogen-bond acceptors (Lipinski definition) is 6. The maximum atomic E-state index is 13.3. The second-order valence-electron chi connectivity index (χ2n) is 9.69. The molecule has 0 bridgehead atoms. The van der Waals surface area contributed by atoms with Crippen molar-refractivity contribution in [3.63, 3.8) is 0 Å². The van der Waals surface area contributed by atoms with Crippen LogP contribution in [0.25, 0.3) is 16.8 Å². The van der Waals surface area contributed by atoms with E-state index in [4.69, 9.17) is 9.47 Å². The first-order chi connectivity index (χ1) is 20.9. The first-order valence-electron chi connectivity index (χ1n) is 13.7. The van der Waals surface area contributed by atoms with Crippen molar-refractivity contribution >= 4 is 67.3 Å². The Morgan fingerprint density at radius 2 is 1.79 bits per heavy atom. The Balaban J connectivity index is 1.35. The molecule has 1 aliphatic heterocycles. The lowest BCUT2D eigenvalue weighted by atomic mass is 10.0. The van der Waals surface area contributed by atoms with Gasteiger partial charge in [0, 0.05) is 21.1 Å². The van der Waals surface area contributed by atoms with E-state index in [1.54, 1.807) is 24.3 Å². The SMILES string of the molecule is C=CCc1cc(/C=C2\SC(=O)N(CC(=O)Nc3cccc4ccccc34)C2=O)cc(OCC)c1OCc1ccc(Br)cc1. The molecule has 0 unspecified atom stereocenters. The van der Waals surface area contributed by atoms with Crippen LogP contribution in [0.4, 0.5) is 10.5 Å². The molecule has 1 fully saturated rings. The molecule has 4 aromatic rings. The molecule has 43 heavy (non-hydrogen) atoms. The van der Waals surface area contributed by atoms with E-state index in [1.165, 1.54) is 0 Å². The van der Waals surface area contributed by atoms with Gasteiger partial charge < -0.3 is 14.8 Å². The topological polar surface area (TPSA) is 84.9 Å². The van der Waals surface area contributed by atoms with Crippen LogP contribution >= 0.6 is 27.7 Å². The molecule has 1 heterocycles. The molecule has 218 valence electrons. The number of halogens is 1. The van der Waals surface area contributed by atoms with E-state index in [2.05, 4.69) is 27.8 Å². The van der Waals surface area contributed by atoms with Crippen LogP contribution in [-0.2, 0) is 22.6 Å². The summed E-state index contributed by atoms with van der Waals surface area (Å²) < 4.78 is 13.1. The number of ether oxygens (including phenoxy) is 2. The normalized spacial score (nSPS) is 13.9. The molecule has 9 heteroatoms. The van der Waals surface area contributed by atoms with Gasteiger partial charge in [0.15, 0.2) is 11.5 Å². The average molecular weight is 658 g/mol. The van der Waals surface area contributed by atoms with E-state index in [0.29, 0.717) is 42.4 Å². The molecule has 0 atom stereocenters. The molecule has 3 amide bonds. The zero-order valence-corrected chi connectivity index (χ0v) is 25.9. The van der Waals surface area contributed by atoms with Crippen molar-refractivity contribution in [3.05, 3.63) is 118 Å². The molecule has 7 nitrogen and oxygen atoms in total. The number of fused-ring (bicyclic) bond motifs is 1. The Morgan fingerprint density at radius 1 is 1.02 bits per heavy atom. The minimum atomic E-state index is -0.526. The maximum Gasteiger partial charge on any atom is 0.294 e. The molecule has 5 rings (SSSR count). The molecule has 1 aliphatic rings. The van der Waals surface area contributed by atoms with Crippen LogP contribution in [0.15, 0.2) is 101 Å². The van der Waals surface area contributed by atoms with E-state index in [9.17, 15) is 14.4 Å². The first-order valence-corrected chi connectivity index (χ1v) is 15.3. The molecular formula is C34H29BrN2O5S. The number of benzene rings is 4. The number of thioether (sulfide) groups is 1. The predicted octanol–water partition coefficient (Wildman–Crippen LogP) is 7.98. The Hall–Kier alpha value is -4.34. The summed E-state index contributed by atoms with van der Waals surface area (Å²) in [6, 6.07) is 24.8. The number of rotatable bonds is 11. The highest BCUT2D eigenvalue weighted by atomic mass is 79.9. The zero-order valence-electron chi connectivity index (χ0n) is 23.5. The lowest BCUT2D eigenvalue weighted by molar-refractivity contribution is -0.127. The molecule has 0 spiro atoms. The molecule has 1 saturated heterocycles. The molecule has 0 aromatic heterocycles. The number of carbonyl (C=O) groups excluding carboxylic acids is 3. The van der Waals surface area contributed by atoms with Crippen LogP contribution in [0.3, 0.4) is 0 Å². The van der Waals surface area contributed by atoms with E-state index < -0.39 is 17.1 Å². The summed E-state index contributed by atoms with van der Waals surface area (Å²) in [5, 5.41) is 4.18. The summed E-state index contributed by atoms with van der Waals surface area (Å²) in [6.07, 6.45) is 3.91. The monoisotopic (exact) mass is 656 g/mol. The van der Waals surface area contributed by atoms with E-state index in [-0.39, 0.29) is 11.4 Å². The van der Waals surface area contributed by atoms with Crippen molar-refractivity contribution in [2.45, 2.75) is 20.0 Å². The second-order valence-corrected chi connectivity index (χ2v) is 11.6. The number of hydrogen-bond donors (Lipinski definition) is 1. The largest absolute Gasteiger partial charge is 0.490 e. The fourth-order valence-electron chi connectivity index (χ4n) is 4.69. The predicted molar refractivity (Wildman–Crippen MR) is 175 cm³/mol. The van der Waals surface area contributed by atoms with Crippen molar-refractivity contribution in [1.29, 1.82) is 0 Å². The Kier molecular flexibility index (Phi) is 9.64. The van der Waals surface area contributed by atoms with Gasteiger partial charge >= 0.3 is 0 Å². The lowest BCUT2D eigenvalue weighted by Crippen LogP contribution is -2.36. The fraction of sp³-hybridized carbons (Fsp3) is 0.147. The van der Waals surface area contributed by atoms with Crippen molar-refractivity contribution in [2.75, 3.05) is 18.5 Å². The minimum absolute atomic E-state index is 0.221. The third-order valence-electron chi connectivity index (χ3n) is 6.65. The third-order valence-corrected chi connectivity index (χ3v) is 8.09. The van der Waals surface area contributed by atoms with Crippen molar-refractivity contribution in [1.82, 2.24) is 4.90 Å². The van der Waals surface area contributed by atoms with Crippen molar-refractivity contribution in [3.8, 4) is 11.5 Å². The summed E-state index contributed by atoms with van der Waals surface area (Å²) in [6.45, 7) is 6.12. The Morgan fingerprint density at radius 3 is 2.56 bits per heavy atom.